The number of aromatic nitrogens is 2. The van der Waals surface area contributed by atoms with Crippen molar-refractivity contribution in [3.05, 3.63) is 0 Å². The third kappa shape index (κ3) is 3.10. The zero-order valence-corrected chi connectivity index (χ0v) is 11.4. The molecule has 1 fully saturated rings. The molecule has 1 unspecified atom stereocenters. The second-order valence-corrected chi connectivity index (χ2v) is 6.10. The maximum Gasteiger partial charge on any atom is 0.244 e. The van der Waals surface area contributed by atoms with Crippen molar-refractivity contribution >= 4 is 40.0 Å². The highest BCUT2D eigenvalue weighted by atomic mass is 32.2. The van der Waals surface area contributed by atoms with Gasteiger partial charge in [-0.15, -0.1) is 10.2 Å². The first-order chi connectivity index (χ1) is 8.56. The molecular formula is C9H13N5O2S2. The second kappa shape index (κ2) is 5.53. The first-order valence-electron chi connectivity index (χ1n) is 5.32. The van der Waals surface area contributed by atoms with Crippen molar-refractivity contribution in [2.24, 2.45) is 0 Å². The fraction of sp³-hybridized carbons (Fsp3) is 0.556. The molecule has 2 amide bonds. The lowest BCUT2D eigenvalue weighted by Crippen LogP contribution is -2.41. The molecule has 2 heterocycles. The van der Waals surface area contributed by atoms with E-state index in [0.717, 1.165) is 0 Å². The number of nitrogens with one attached hydrogen (secondary N) is 1. The third-order valence-electron chi connectivity index (χ3n) is 2.51. The summed E-state index contributed by atoms with van der Waals surface area (Å²) in [5, 5.41) is 10.5. The summed E-state index contributed by atoms with van der Waals surface area (Å²) in [4.78, 5) is 24.9. The summed E-state index contributed by atoms with van der Waals surface area (Å²) in [5.74, 6) is -0.00166. The molecule has 0 spiro atoms. The van der Waals surface area contributed by atoms with Crippen LogP contribution >= 0.6 is 23.1 Å². The Kier molecular flexibility index (Phi) is 4.02. The Hall–Kier alpha value is -1.35. The number of likely N-dealkylation sites (N-methyl/N-ethyl adjacent to an activating group) is 1. The molecule has 1 aromatic heterocycles. The van der Waals surface area contributed by atoms with Gasteiger partial charge in [-0.2, -0.15) is 0 Å². The van der Waals surface area contributed by atoms with Crippen LogP contribution in [0.15, 0.2) is 4.34 Å². The zero-order chi connectivity index (χ0) is 13.1. The average Bonchev–Trinajstić information content (AvgIpc) is 2.88. The number of amides is 2. The van der Waals surface area contributed by atoms with Crippen LogP contribution in [0.25, 0.3) is 0 Å². The Labute approximate surface area is 112 Å². The van der Waals surface area contributed by atoms with Crippen molar-refractivity contribution in [3.8, 4) is 0 Å². The van der Waals surface area contributed by atoms with Gasteiger partial charge in [0.05, 0.1) is 5.75 Å². The van der Waals surface area contributed by atoms with Crippen LogP contribution in [0.3, 0.4) is 0 Å². The van der Waals surface area contributed by atoms with Crippen LogP contribution in [-0.2, 0) is 9.59 Å². The smallest absolute Gasteiger partial charge is 0.244 e. The Morgan fingerprint density at radius 3 is 3.00 bits per heavy atom. The number of carbonyl (C=O) groups excluding carboxylic acids is 2. The minimum absolute atomic E-state index is 0.0338. The molecule has 2 rings (SSSR count). The van der Waals surface area contributed by atoms with E-state index in [-0.39, 0.29) is 23.6 Å². The van der Waals surface area contributed by atoms with E-state index in [9.17, 15) is 9.59 Å². The van der Waals surface area contributed by atoms with E-state index in [1.165, 1.54) is 23.1 Å². The number of anilines is 1. The van der Waals surface area contributed by atoms with E-state index < -0.39 is 0 Å². The lowest BCUT2D eigenvalue weighted by Gasteiger charge is -2.11. The van der Waals surface area contributed by atoms with Crippen LogP contribution in [0.4, 0.5) is 5.13 Å². The van der Waals surface area contributed by atoms with E-state index in [1.807, 2.05) is 0 Å². The third-order valence-corrected chi connectivity index (χ3v) is 4.40. The Bertz CT molecular complexity index is 464. The first-order valence-corrected chi connectivity index (χ1v) is 7.12. The zero-order valence-electron chi connectivity index (χ0n) is 9.75. The summed E-state index contributed by atoms with van der Waals surface area (Å²) >= 11 is 2.50. The van der Waals surface area contributed by atoms with Gasteiger partial charge in [0.15, 0.2) is 4.34 Å². The van der Waals surface area contributed by atoms with Gasteiger partial charge in [-0.25, -0.2) is 0 Å². The number of nitrogens with zero attached hydrogens (tertiary/aromatic N) is 3. The van der Waals surface area contributed by atoms with Gasteiger partial charge in [0.25, 0.3) is 0 Å². The molecule has 0 bridgehead atoms. The second-order valence-electron chi connectivity index (χ2n) is 3.86. The SMILES string of the molecule is CN1CCC(NC(=O)CSc2nnc(N)s2)C1=O. The summed E-state index contributed by atoms with van der Waals surface area (Å²) < 4.78 is 0.650. The van der Waals surface area contributed by atoms with Gasteiger partial charge in [-0.1, -0.05) is 23.1 Å². The topological polar surface area (TPSA) is 101 Å². The molecule has 1 aliphatic heterocycles. The summed E-state index contributed by atoms with van der Waals surface area (Å²) in [7, 11) is 1.73. The summed E-state index contributed by atoms with van der Waals surface area (Å²) in [6.07, 6.45) is 0.664. The standard InChI is InChI=1S/C9H13N5O2S2/c1-14-3-2-5(7(14)16)11-6(15)4-17-9-13-12-8(10)18-9/h5H,2-4H2,1H3,(H2,10,12)(H,11,15). The number of likely N-dealkylation sites (tertiary alicyclic amines) is 1. The maximum absolute atomic E-state index is 11.7. The van der Waals surface area contributed by atoms with Crippen molar-refractivity contribution in [2.75, 3.05) is 25.1 Å². The Balaban J connectivity index is 1.77. The Morgan fingerprint density at radius 2 is 2.44 bits per heavy atom. The molecule has 18 heavy (non-hydrogen) atoms. The van der Waals surface area contributed by atoms with Crippen molar-refractivity contribution < 1.29 is 9.59 Å². The van der Waals surface area contributed by atoms with Gasteiger partial charge < -0.3 is 16.0 Å². The van der Waals surface area contributed by atoms with E-state index in [1.54, 1.807) is 11.9 Å². The minimum Gasteiger partial charge on any atom is -0.374 e. The van der Waals surface area contributed by atoms with Gasteiger partial charge in [-0.05, 0) is 6.42 Å². The highest BCUT2D eigenvalue weighted by molar-refractivity contribution is 8.01. The predicted octanol–water partition coefficient (Wildman–Crippen LogP) is -0.441. The molecule has 1 aliphatic rings. The van der Waals surface area contributed by atoms with Crippen LogP contribution in [-0.4, -0.2) is 52.3 Å². The monoisotopic (exact) mass is 287 g/mol. The molecule has 1 saturated heterocycles. The molecule has 0 aromatic carbocycles. The van der Waals surface area contributed by atoms with E-state index in [4.69, 9.17) is 5.73 Å². The van der Waals surface area contributed by atoms with E-state index in [0.29, 0.717) is 22.4 Å². The van der Waals surface area contributed by atoms with E-state index in [2.05, 4.69) is 15.5 Å². The largest absolute Gasteiger partial charge is 0.374 e. The molecule has 3 N–H and O–H groups in total. The molecule has 9 heteroatoms. The van der Waals surface area contributed by atoms with Crippen molar-refractivity contribution in [1.29, 1.82) is 0 Å². The maximum atomic E-state index is 11.7. The lowest BCUT2D eigenvalue weighted by molar-refractivity contribution is -0.131. The molecule has 7 nitrogen and oxygen atoms in total. The molecular weight excluding hydrogens is 274 g/mol. The number of nitrogens with two attached hydrogens (primary N) is 1. The summed E-state index contributed by atoms with van der Waals surface area (Å²) in [6, 6.07) is -0.386. The normalized spacial score (nSPS) is 19.3. The molecule has 0 radical (unpaired) electrons. The van der Waals surface area contributed by atoms with Crippen molar-refractivity contribution in [2.45, 2.75) is 16.8 Å². The molecule has 98 valence electrons. The highest BCUT2D eigenvalue weighted by Gasteiger charge is 2.30. The minimum atomic E-state index is -0.386. The number of rotatable bonds is 4. The lowest BCUT2D eigenvalue weighted by atomic mass is 10.2. The predicted molar refractivity (Wildman–Crippen MR) is 69.2 cm³/mol. The van der Waals surface area contributed by atoms with Crippen LogP contribution < -0.4 is 11.1 Å². The number of carbonyl (C=O) groups is 2. The molecule has 0 saturated carbocycles. The summed E-state index contributed by atoms with van der Waals surface area (Å²) in [5.41, 5.74) is 5.43. The fourth-order valence-corrected chi connectivity index (χ4v) is 3.05. The highest BCUT2D eigenvalue weighted by Crippen LogP contribution is 2.23. The number of hydrogen-bond acceptors (Lipinski definition) is 7. The first kappa shape index (κ1) is 13.1. The summed E-state index contributed by atoms with van der Waals surface area (Å²) in [6.45, 7) is 0.684. The van der Waals surface area contributed by atoms with Gasteiger partial charge in [-0.3, -0.25) is 9.59 Å². The molecule has 0 aliphatic carbocycles. The quantitative estimate of drug-likeness (QED) is 0.728. The van der Waals surface area contributed by atoms with Crippen LogP contribution in [0.2, 0.25) is 0 Å². The van der Waals surface area contributed by atoms with Crippen LogP contribution in [0, 0.1) is 0 Å². The van der Waals surface area contributed by atoms with Crippen LogP contribution in [0.5, 0.6) is 0 Å². The number of nitrogen functional groups attached to an aromatic ring is 1. The van der Waals surface area contributed by atoms with Gasteiger partial charge in [0, 0.05) is 13.6 Å². The molecule has 1 aromatic rings. The van der Waals surface area contributed by atoms with Crippen molar-refractivity contribution in [3.63, 3.8) is 0 Å². The van der Waals surface area contributed by atoms with Crippen molar-refractivity contribution in [1.82, 2.24) is 20.4 Å². The number of hydrogen-bond donors (Lipinski definition) is 2. The number of thioether (sulfide) groups is 1. The van der Waals surface area contributed by atoms with Gasteiger partial charge >= 0.3 is 0 Å². The average molecular weight is 287 g/mol. The Morgan fingerprint density at radius 1 is 1.67 bits per heavy atom. The van der Waals surface area contributed by atoms with E-state index >= 15 is 0 Å². The fourth-order valence-electron chi connectivity index (χ4n) is 1.60. The molecule has 1 atom stereocenters. The van der Waals surface area contributed by atoms with Gasteiger partial charge in [0.2, 0.25) is 16.9 Å². The van der Waals surface area contributed by atoms with Crippen LogP contribution in [0.1, 0.15) is 6.42 Å². The van der Waals surface area contributed by atoms with Gasteiger partial charge in [0.1, 0.15) is 6.04 Å².